The zero-order chi connectivity index (χ0) is 47.3. The van der Waals surface area contributed by atoms with Crippen molar-refractivity contribution in [2.24, 2.45) is 0 Å². The molecule has 2 amide bonds. The molecule has 0 radical (unpaired) electrons. The van der Waals surface area contributed by atoms with Crippen molar-refractivity contribution in [1.82, 2.24) is 19.1 Å². The topological polar surface area (TPSA) is 218 Å². The molecule has 5 aromatic rings. The molecular weight excluding hydrogens is 872 g/mol. The molecule has 0 bridgehead atoms. The second-order valence-electron chi connectivity index (χ2n) is 15.9. The molecule has 7 rings (SSSR count). The molecule has 1 aromatic heterocycles. The number of amides is 2. The number of aromatic nitrogens is 2. The SMILES string of the molecule is COc1ccc(C(OC[C@H]2O[C@@H](n3ccc(=O)[nH]c3=O)[C@H](N3C(=O)c4cccc([N+](=O)[O-])c4C3=O)[C@@H]2OP(OCCC#N)N(C(C)C)C(C)C)(c2ccccc2)c2ccc(OC)cc2)cc1. The Morgan fingerprint density at radius 2 is 1.45 bits per heavy atom. The van der Waals surface area contributed by atoms with Gasteiger partial charge in [-0.05, 0) is 74.7 Å². The van der Waals surface area contributed by atoms with E-state index in [0.717, 1.165) is 21.6 Å². The molecule has 2 aliphatic heterocycles. The van der Waals surface area contributed by atoms with E-state index in [-0.39, 0.29) is 37.3 Å². The summed E-state index contributed by atoms with van der Waals surface area (Å²) in [6.07, 6.45) is -3.05. The molecule has 1 fully saturated rings. The number of imide groups is 1. The summed E-state index contributed by atoms with van der Waals surface area (Å²) in [4.78, 5) is 70.2. The van der Waals surface area contributed by atoms with Crippen LogP contribution in [0, 0.1) is 21.4 Å². The Hall–Kier alpha value is -6.58. The monoisotopic (exact) mass is 920 g/mol. The number of benzene rings is 4. The molecule has 1 unspecified atom stereocenters. The Balaban J connectivity index is 1.45. The van der Waals surface area contributed by atoms with Crippen molar-refractivity contribution in [2.75, 3.05) is 27.4 Å². The Kier molecular flexibility index (Phi) is 14.6. The third kappa shape index (κ3) is 9.14. The molecule has 4 aromatic carbocycles. The van der Waals surface area contributed by atoms with Gasteiger partial charge < -0.3 is 28.0 Å². The number of nitriles is 1. The summed E-state index contributed by atoms with van der Waals surface area (Å²) in [5.74, 6) is -0.751. The number of hydrogen-bond acceptors (Lipinski definition) is 14. The number of carbonyl (C=O) groups is 2. The van der Waals surface area contributed by atoms with Gasteiger partial charge in [0.2, 0.25) is 0 Å². The third-order valence-corrected chi connectivity index (χ3v) is 13.5. The maximum absolute atomic E-state index is 14.7. The van der Waals surface area contributed by atoms with E-state index in [4.69, 9.17) is 28.0 Å². The highest BCUT2D eigenvalue weighted by molar-refractivity contribution is 7.44. The molecule has 1 N–H and O–H groups in total. The summed E-state index contributed by atoms with van der Waals surface area (Å²) in [5, 5.41) is 21.8. The van der Waals surface area contributed by atoms with Gasteiger partial charge in [0.15, 0.2) is 6.23 Å². The number of carbonyl (C=O) groups excluding carboxylic acids is 2. The second-order valence-corrected chi connectivity index (χ2v) is 17.3. The van der Waals surface area contributed by atoms with E-state index in [1.165, 1.54) is 18.3 Å². The van der Waals surface area contributed by atoms with Gasteiger partial charge >= 0.3 is 5.69 Å². The molecule has 344 valence electrons. The number of nitro groups is 1. The maximum atomic E-state index is 14.7. The fourth-order valence-corrected chi connectivity index (χ4v) is 10.3. The fraction of sp³-hybridized carbons (Fsp3) is 0.340. The standard InChI is InChI=1S/C47H49N6O12P/c1-29(2)52(30(3)4)66(63-27-11-25-48)65-42-38(28-62-47(31-12-8-7-9-13-31,32-16-20-34(60-5)21-17-32)33-18-22-35(61-6)23-19-33)64-45(50-26-24-39(54)49-46(50)57)41(42)51-43(55)36-14-10-15-37(53(58)59)40(36)44(51)56/h7-10,12-24,26,29-30,38,41-42,45H,11,27-28H2,1-6H3,(H,49,54,57)/t38-,41-,42-,45-,66?/m1/s1. The number of nitrogens with one attached hydrogen (secondary N) is 1. The summed E-state index contributed by atoms with van der Waals surface area (Å²) in [7, 11) is 0.953. The van der Waals surface area contributed by atoms with Crippen molar-refractivity contribution >= 4 is 26.0 Å². The Labute approximate surface area is 381 Å². The lowest BCUT2D eigenvalue weighted by Crippen LogP contribution is -2.52. The highest BCUT2D eigenvalue weighted by atomic mass is 31.2. The van der Waals surface area contributed by atoms with E-state index >= 15 is 0 Å². The number of hydrogen-bond donors (Lipinski definition) is 1. The van der Waals surface area contributed by atoms with Crippen LogP contribution in [0.1, 0.15) is 77.8 Å². The van der Waals surface area contributed by atoms with Crippen molar-refractivity contribution in [1.29, 1.82) is 5.26 Å². The first-order chi connectivity index (χ1) is 31.7. The third-order valence-electron chi connectivity index (χ3n) is 11.4. The minimum Gasteiger partial charge on any atom is -0.497 e. The molecule has 5 atom stereocenters. The van der Waals surface area contributed by atoms with Crippen LogP contribution in [-0.4, -0.2) is 93.6 Å². The molecule has 1 saturated heterocycles. The molecule has 0 saturated carbocycles. The lowest BCUT2D eigenvalue weighted by molar-refractivity contribution is -0.385. The largest absolute Gasteiger partial charge is 0.497 e. The Morgan fingerprint density at radius 1 is 0.848 bits per heavy atom. The van der Waals surface area contributed by atoms with E-state index in [0.29, 0.717) is 28.2 Å². The molecular formula is C47H49N6O12P. The van der Waals surface area contributed by atoms with Gasteiger partial charge in [-0.2, -0.15) is 5.26 Å². The van der Waals surface area contributed by atoms with E-state index in [1.54, 1.807) is 38.5 Å². The van der Waals surface area contributed by atoms with Gasteiger partial charge in [0.05, 0.1) is 50.4 Å². The predicted molar refractivity (Wildman–Crippen MR) is 241 cm³/mol. The van der Waals surface area contributed by atoms with E-state index in [2.05, 4.69) is 11.1 Å². The smallest absolute Gasteiger partial charge is 0.330 e. The normalized spacial score (nSPS) is 18.8. The first-order valence-corrected chi connectivity index (χ1v) is 22.2. The average molecular weight is 921 g/mol. The lowest BCUT2D eigenvalue weighted by atomic mass is 9.80. The number of aromatic amines is 1. The lowest BCUT2D eigenvalue weighted by Gasteiger charge is -2.40. The molecule has 3 heterocycles. The van der Waals surface area contributed by atoms with E-state index in [1.807, 2.05) is 87.0 Å². The summed E-state index contributed by atoms with van der Waals surface area (Å²) >= 11 is 0. The number of methoxy groups -OCH3 is 2. The first-order valence-electron chi connectivity index (χ1n) is 21.1. The zero-order valence-electron chi connectivity index (χ0n) is 37.1. The minimum atomic E-state index is -2.16. The van der Waals surface area contributed by atoms with Gasteiger partial charge in [-0.1, -0.05) is 60.7 Å². The summed E-state index contributed by atoms with van der Waals surface area (Å²) in [6, 6.07) is 29.0. The molecule has 19 heteroatoms. The van der Waals surface area contributed by atoms with Crippen LogP contribution >= 0.6 is 8.53 Å². The first kappa shape index (κ1) is 47.4. The maximum Gasteiger partial charge on any atom is 0.330 e. The number of H-pyrrole nitrogens is 1. The van der Waals surface area contributed by atoms with Crippen molar-refractivity contribution in [3.05, 3.63) is 168 Å². The Morgan fingerprint density at radius 3 is 2.00 bits per heavy atom. The quantitative estimate of drug-likeness (QED) is 0.0228. The minimum absolute atomic E-state index is 0.00411. The fourth-order valence-electron chi connectivity index (χ4n) is 8.50. The van der Waals surface area contributed by atoms with Crippen molar-refractivity contribution in [2.45, 2.75) is 76.3 Å². The zero-order valence-corrected chi connectivity index (χ0v) is 38.0. The van der Waals surface area contributed by atoms with Gasteiger partial charge in [-0.25, -0.2) is 9.46 Å². The van der Waals surface area contributed by atoms with Gasteiger partial charge in [-0.15, -0.1) is 0 Å². The van der Waals surface area contributed by atoms with Gasteiger partial charge in [0, 0.05) is 30.4 Å². The number of nitro benzene ring substituents is 1. The number of ether oxygens (including phenoxy) is 4. The van der Waals surface area contributed by atoms with Gasteiger partial charge in [0.25, 0.3) is 31.6 Å². The Bertz CT molecular complexity index is 2650. The molecule has 0 spiro atoms. The van der Waals surface area contributed by atoms with Crippen molar-refractivity contribution in [3.8, 4) is 17.6 Å². The summed E-state index contributed by atoms with van der Waals surface area (Å²) < 4.78 is 41.6. The van der Waals surface area contributed by atoms with E-state index in [9.17, 15) is 34.6 Å². The average Bonchev–Trinajstić information content (AvgIpc) is 3.78. The second kappa shape index (κ2) is 20.3. The molecule has 18 nitrogen and oxygen atoms in total. The molecule has 0 aliphatic carbocycles. The van der Waals surface area contributed by atoms with Crippen LogP contribution in [0.25, 0.3) is 0 Å². The highest BCUT2D eigenvalue weighted by Gasteiger charge is 2.58. The molecule has 2 aliphatic rings. The summed E-state index contributed by atoms with van der Waals surface area (Å²) in [5.41, 5.74) is -2.32. The number of nitrogens with zero attached hydrogens (tertiary/aromatic N) is 5. The van der Waals surface area contributed by atoms with E-state index < -0.39 is 77.8 Å². The van der Waals surface area contributed by atoms with Crippen LogP contribution in [0.15, 0.2) is 119 Å². The van der Waals surface area contributed by atoms with Crippen LogP contribution in [-0.2, 0) is 24.1 Å². The van der Waals surface area contributed by atoms with Crippen LogP contribution in [0.5, 0.6) is 11.5 Å². The van der Waals surface area contributed by atoms with Crippen LogP contribution in [0.2, 0.25) is 0 Å². The van der Waals surface area contributed by atoms with Crippen LogP contribution in [0.3, 0.4) is 0 Å². The summed E-state index contributed by atoms with van der Waals surface area (Å²) in [6.45, 7) is 7.32. The number of rotatable bonds is 19. The van der Waals surface area contributed by atoms with Gasteiger partial charge in [0.1, 0.15) is 40.9 Å². The predicted octanol–water partition coefficient (Wildman–Crippen LogP) is 6.69. The van der Waals surface area contributed by atoms with Crippen LogP contribution in [0.4, 0.5) is 5.69 Å². The van der Waals surface area contributed by atoms with Crippen molar-refractivity contribution in [3.63, 3.8) is 0 Å². The van der Waals surface area contributed by atoms with Crippen molar-refractivity contribution < 1.29 is 42.5 Å². The van der Waals surface area contributed by atoms with Crippen LogP contribution < -0.4 is 20.7 Å². The highest BCUT2D eigenvalue weighted by Crippen LogP contribution is 2.52. The van der Waals surface area contributed by atoms with Gasteiger partial charge in [-0.3, -0.25) is 38.9 Å². The number of fused-ring (bicyclic) bond motifs is 1. The molecule has 66 heavy (non-hydrogen) atoms.